The maximum Gasteiger partial charge on any atom is 0.169 e. The second-order valence-electron chi connectivity index (χ2n) is 2.16. The van der Waals surface area contributed by atoms with Gasteiger partial charge in [-0.2, -0.15) is 0 Å². The predicted molar refractivity (Wildman–Crippen MR) is 50.9 cm³/mol. The van der Waals surface area contributed by atoms with Crippen molar-refractivity contribution in [1.29, 1.82) is 0 Å². The summed E-state index contributed by atoms with van der Waals surface area (Å²) in [4.78, 5) is 0. The van der Waals surface area contributed by atoms with E-state index in [1.807, 2.05) is 19.1 Å². The van der Waals surface area contributed by atoms with Crippen molar-refractivity contribution in [3.63, 3.8) is 0 Å². The SMILES string of the molecule is CC[C@@H](N)c1ccc(Br)o1.Cl. The van der Waals surface area contributed by atoms with Crippen LogP contribution in [-0.2, 0) is 0 Å². The fourth-order valence-electron chi connectivity index (χ4n) is 0.729. The highest BCUT2D eigenvalue weighted by molar-refractivity contribution is 9.10. The Morgan fingerprint density at radius 1 is 1.64 bits per heavy atom. The van der Waals surface area contributed by atoms with Gasteiger partial charge < -0.3 is 10.2 Å². The smallest absolute Gasteiger partial charge is 0.169 e. The molecule has 2 N–H and O–H groups in total. The van der Waals surface area contributed by atoms with Crippen LogP contribution >= 0.6 is 28.3 Å². The molecule has 1 atom stereocenters. The molecule has 0 bridgehead atoms. The Balaban J connectivity index is 0.000001000. The molecule has 0 saturated heterocycles. The maximum atomic E-state index is 5.69. The maximum absolute atomic E-state index is 5.69. The zero-order valence-electron chi connectivity index (χ0n) is 6.21. The van der Waals surface area contributed by atoms with Crippen LogP contribution in [0.1, 0.15) is 25.1 Å². The average molecular weight is 241 g/mol. The molecule has 1 rings (SSSR count). The molecule has 0 spiro atoms. The van der Waals surface area contributed by atoms with Gasteiger partial charge in [-0.1, -0.05) is 6.92 Å². The van der Waals surface area contributed by atoms with Gasteiger partial charge in [0.1, 0.15) is 5.76 Å². The van der Waals surface area contributed by atoms with Gasteiger partial charge in [-0.05, 0) is 34.5 Å². The van der Waals surface area contributed by atoms with E-state index in [2.05, 4.69) is 15.9 Å². The van der Waals surface area contributed by atoms with E-state index in [-0.39, 0.29) is 18.4 Å². The molecule has 64 valence electrons. The molecule has 0 aliphatic carbocycles. The molecule has 0 radical (unpaired) electrons. The van der Waals surface area contributed by atoms with Crippen LogP contribution in [0.5, 0.6) is 0 Å². The quantitative estimate of drug-likeness (QED) is 0.863. The average Bonchev–Trinajstić information content (AvgIpc) is 2.34. The lowest BCUT2D eigenvalue weighted by molar-refractivity contribution is 0.444. The van der Waals surface area contributed by atoms with Crippen molar-refractivity contribution in [1.82, 2.24) is 0 Å². The molecule has 1 aromatic heterocycles. The van der Waals surface area contributed by atoms with Crippen LogP contribution in [0.25, 0.3) is 0 Å². The molecule has 11 heavy (non-hydrogen) atoms. The van der Waals surface area contributed by atoms with Gasteiger partial charge in [-0.25, -0.2) is 0 Å². The Hall–Kier alpha value is 0.01000. The van der Waals surface area contributed by atoms with Gasteiger partial charge in [0.15, 0.2) is 4.67 Å². The molecule has 1 heterocycles. The van der Waals surface area contributed by atoms with E-state index in [1.54, 1.807) is 0 Å². The molecule has 0 amide bonds. The van der Waals surface area contributed by atoms with E-state index in [1.165, 1.54) is 0 Å². The van der Waals surface area contributed by atoms with E-state index in [9.17, 15) is 0 Å². The van der Waals surface area contributed by atoms with Crippen LogP contribution in [0, 0.1) is 0 Å². The normalized spacial score (nSPS) is 12.3. The topological polar surface area (TPSA) is 39.2 Å². The largest absolute Gasteiger partial charge is 0.453 e. The highest BCUT2D eigenvalue weighted by atomic mass is 79.9. The minimum Gasteiger partial charge on any atom is -0.453 e. The van der Waals surface area contributed by atoms with E-state index in [0.717, 1.165) is 16.9 Å². The van der Waals surface area contributed by atoms with Crippen LogP contribution in [0.4, 0.5) is 0 Å². The number of furan rings is 1. The first-order valence-electron chi connectivity index (χ1n) is 3.25. The first-order chi connectivity index (χ1) is 4.74. The summed E-state index contributed by atoms with van der Waals surface area (Å²) in [5, 5.41) is 0. The summed E-state index contributed by atoms with van der Waals surface area (Å²) in [6.45, 7) is 2.03. The van der Waals surface area contributed by atoms with Crippen LogP contribution in [0.15, 0.2) is 21.2 Å². The van der Waals surface area contributed by atoms with Crippen molar-refractivity contribution >= 4 is 28.3 Å². The molecular formula is C7H11BrClNO. The van der Waals surface area contributed by atoms with Gasteiger partial charge >= 0.3 is 0 Å². The fourth-order valence-corrected chi connectivity index (χ4v) is 1.05. The minimum absolute atomic E-state index is 0. The van der Waals surface area contributed by atoms with Gasteiger partial charge in [0.2, 0.25) is 0 Å². The standard InChI is InChI=1S/C7H10BrNO.ClH/c1-2-5(9)6-3-4-7(8)10-6;/h3-5H,2,9H2,1H3;1H/t5-;/m1./s1. The van der Waals surface area contributed by atoms with Gasteiger partial charge in [-0.3, -0.25) is 0 Å². The highest BCUT2D eigenvalue weighted by Crippen LogP contribution is 2.20. The minimum atomic E-state index is 0. The number of hydrogen-bond acceptors (Lipinski definition) is 2. The Bertz CT molecular complexity index is 214. The van der Waals surface area contributed by atoms with Crippen molar-refractivity contribution in [2.75, 3.05) is 0 Å². The molecule has 0 aliphatic rings. The van der Waals surface area contributed by atoms with Crippen molar-refractivity contribution in [3.8, 4) is 0 Å². The number of rotatable bonds is 2. The lowest BCUT2D eigenvalue weighted by atomic mass is 10.2. The molecule has 1 aromatic rings. The van der Waals surface area contributed by atoms with Crippen molar-refractivity contribution in [2.45, 2.75) is 19.4 Å². The molecule has 2 nitrogen and oxygen atoms in total. The van der Waals surface area contributed by atoms with Crippen molar-refractivity contribution in [2.24, 2.45) is 5.73 Å². The molecule has 0 fully saturated rings. The van der Waals surface area contributed by atoms with Crippen molar-refractivity contribution in [3.05, 3.63) is 22.6 Å². The van der Waals surface area contributed by atoms with E-state index < -0.39 is 0 Å². The molecule has 0 unspecified atom stereocenters. The van der Waals surface area contributed by atoms with Gasteiger partial charge in [0.05, 0.1) is 6.04 Å². The lowest BCUT2D eigenvalue weighted by Gasteiger charge is -2.02. The zero-order chi connectivity index (χ0) is 7.56. The Kier molecular flexibility index (Phi) is 4.81. The van der Waals surface area contributed by atoms with E-state index >= 15 is 0 Å². The Morgan fingerprint density at radius 3 is 2.64 bits per heavy atom. The monoisotopic (exact) mass is 239 g/mol. The van der Waals surface area contributed by atoms with Crippen LogP contribution in [0.2, 0.25) is 0 Å². The lowest BCUT2D eigenvalue weighted by Crippen LogP contribution is -2.06. The summed E-state index contributed by atoms with van der Waals surface area (Å²) < 4.78 is 5.97. The van der Waals surface area contributed by atoms with Gasteiger partial charge in [0.25, 0.3) is 0 Å². The Morgan fingerprint density at radius 2 is 2.27 bits per heavy atom. The fraction of sp³-hybridized carbons (Fsp3) is 0.429. The van der Waals surface area contributed by atoms with E-state index in [0.29, 0.717) is 0 Å². The van der Waals surface area contributed by atoms with Crippen LogP contribution in [0.3, 0.4) is 0 Å². The van der Waals surface area contributed by atoms with Crippen LogP contribution in [-0.4, -0.2) is 0 Å². The third kappa shape index (κ3) is 2.85. The molecular weight excluding hydrogens is 229 g/mol. The summed E-state index contributed by atoms with van der Waals surface area (Å²) in [6.07, 6.45) is 0.903. The summed E-state index contributed by atoms with van der Waals surface area (Å²) >= 11 is 3.21. The second kappa shape index (κ2) is 4.80. The summed E-state index contributed by atoms with van der Waals surface area (Å²) in [5.74, 6) is 0.842. The molecule has 0 aliphatic heterocycles. The van der Waals surface area contributed by atoms with Crippen LogP contribution < -0.4 is 5.73 Å². The summed E-state index contributed by atoms with van der Waals surface area (Å²) in [6, 6.07) is 3.77. The molecule has 4 heteroatoms. The van der Waals surface area contributed by atoms with Crippen molar-refractivity contribution < 1.29 is 4.42 Å². The number of nitrogens with two attached hydrogens (primary N) is 1. The summed E-state index contributed by atoms with van der Waals surface area (Å²) in [5.41, 5.74) is 5.69. The van der Waals surface area contributed by atoms with E-state index in [4.69, 9.17) is 10.2 Å². The van der Waals surface area contributed by atoms with Gasteiger partial charge in [0, 0.05) is 0 Å². The predicted octanol–water partition coefficient (Wildman–Crippen LogP) is 2.87. The molecule has 0 aromatic carbocycles. The first-order valence-corrected chi connectivity index (χ1v) is 4.04. The number of hydrogen-bond donors (Lipinski definition) is 1. The zero-order valence-corrected chi connectivity index (χ0v) is 8.61. The summed E-state index contributed by atoms with van der Waals surface area (Å²) in [7, 11) is 0. The molecule has 0 saturated carbocycles. The highest BCUT2D eigenvalue weighted by Gasteiger charge is 2.06. The van der Waals surface area contributed by atoms with Gasteiger partial charge in [-0.15, -0.1) is 12.4 Å². The first kappa shape index (κ1) is 11.0. The Labute approximate surface area is 80.7 Å². The third-order valence-corrected chi connectivity index (χ3v) is 1.83. The number of halogens is 2. The third-order valence-electron chi connectivity index (χ3n) is 1.40. The second-order valence-corrected chi connectivity index (χ2v) is 2.94.